The number of hydrogen-bond donors (Lipinski definition) is 2. The minimum Gasteiger partial charge on any atom is -0.490 e. The number of ether oxygens (including phenoxy) is 2. The van der Waals surface area contributed by atoms with Gasteiger partial charge >= 0.3 is 0 Å². The molecule has 31 heavy (non-hydrogen) atoms. The molecule has 0 bridgehead atoms. The molecule has 0 aromatic heterocycles. The zero-order chi connectivity index (χ0) is 21.7. The number of carbonyl (C=O) groups is 1. The van der Waals surface area contributed by atoms with E-state index in [1.165, 1.54) is 12.1 Å². The molecular weight excluding hydrogens is 416 g/mol. The van der Waals surface area contributed by atoms with E-state index in [2.05, 4.69) is 10.0 Å². The molecule has 1 atom stereocenters. The Morgan fingerprint density at radius 3 is 2.19 bits per heavy atom. The highest BCUT2D eigenvalue weighted by molar-refractivity contribution is 7.89. The maximum absolute atomic E-state index is 13.2. The van der Waals surface area contributed by atoms with Crippen LogP contribution in [0.1, 0.15) is 18.0 Å². The third-order valence-corrected chi connectivity index (χ3v) is 6.16. The lowest BCUT2D eigenvalue weighted by Crippen LogP contribution is -2.37. The normalized spacial score (nSPS) is 14.3. The monoisotopic (exact) mass is 438 g/mol. The molecule has 0 saturated heterocycles. The Balaban J connectivity index is 1.63. The largest absolute Gasteiger partial charge is 0.490 e. The summed E-state index contributed by atoms with van der Waals surface area (Å²) < 4.78 is 40.0. The molecule has 7 nitrogen and oxygen atoms in total. The number of hydrogen-bond acceptors (Lipinski definition) is 5. The highest BCUT2D eigenvalue weighted by atomic mass is 32.2. The summed E-state index contributed by atoms with van der Waals surface area (Å²) in [6.07, 6.45) is 0.713. The molecule has 0 spiro atoms. The zero-order valence-electron chi connectivity index (χ0n) is 16.7. The molecule has 0 unspecified atom stereocenters. The van der Waals surface area contributed by atoms with E-state index in [1.807, 2.05) is 6.07 Å². The smallest absolute Gasteiger partial charge is 0.247 e. The van der Waals surface area contributed by atoms with Crippen molar-refractivity contribution in [3.05, 3.63) is 84.4 Å². The first kappa shape index (κ1) is 20.9. The van der Waals surface area contributed by atoms with Crippen molar-refractivity contribution in [3.8, 4) is 11.5 Å². The fraction of sp³-hybridized carbons (Fsp3) is 0.174. The van der Waals surface area contributed by atoms with Gasteiger partial charge in [-0.05, 0) is 29.8 Å². The van der Waals surface area contributed by atoms with E-state index in [0.29, 0.717) is 42.4 Å². The van der Waals surface area contributed by atoms with Gasteiger partial charge in [-0.3, -0.25) is 4.79 Å². The van der Waals surface area contributed by atoms with Crippen LogP contribution in [-0.2, 0) is 14.8 Å². The van der Waals surface area contributed by atoms with Gasteiger partial charge in [0.1, 0.15) is 6.04 Å². The Morgan fingerprint density at radius 1 is 0.839 bits per heavy atom. The van der Waals surface area contributed by atoms with Crippen LogP contribution in [0.3, 0.4) is 0 Å². The third kappa shape index (κ3) is 5.04. The average Bonchev–Trinajstić information content (AvgIpc) is 3.04. The second-order valence-corrected chi connectivity index (χ2v) is 8.69. The molecule has 2 N–H and O–H groups in total. The molecule has 4 rings (SSSR count). The van der Waals surface area contributed by atoms with Gasteiger partial charge < -0.3 is 14.8 Å². The Hall–Kier alpha value is -3.36. The minimum absolute atomic E-state index is 0.00908. The fourth-order valence-corrected chi connectivity index (χ4v) is 4.39. The van der Waals surface area contributed by atoms with Crippen LogP contribution >= 0.6 is 0 Å². The van der Waals surface area contributed by atoms with Crippen molar-refractivity contribution < 1.29 is 22.7 Å². The van der Waals surface area contributed by atoms with Crippen molar-refractivity contribution in [1.29, 1.82) is 0 Å². The Labute approximate surface area is 181 Å². The van der Waals surface area contributed by atoms with Crippen molar-refractivity contribution in [3.63, 3.8) is 0 Å². The fourth-order valence-electron chi connectivity index (χ4n) is 3.19. The molecule has 3 aromatic carbocycles. The van der Waals surface area contributed by atoms with Crippen LogP contribution in [0.15, 0.2) is 83.8 Å². The SMILES string of the molecule is O=C(Nc1ccccc1)[C@H](NS(=O)(=O)c1ccc2c(c1)OCCCO2)c1ccccc1. The molecule has 0 radical (unpaired) electrons. The summed E-state index contributed by atoms with van der Waals surface area (Å²) in [7, 11) is -4.04. The molecular formula is C23H22N2O5S. The van der Waals surface area contributed by atoms with E-state index in [1.54, 1.807) is 60.7 Å². The summed E-state index contributed by atoms with van der Waals surface area (Å²) in [4.78, 5) is 13.0. The average molecular weight is 439 g/mol. The van der Waals surface area contributed by atoms with Gasteiger partial charge in [-0.1, -0.05) is 48.5 Å². The van der Waals surface area contributed by atoms with E-state index < -0.39 is 22.0 Å². The number of nitrogens with one attached hydrogen (secondary N) is 2. The highest BCUT2D eigenvalue weighted by Gasteiger charge is 2.28. The first-order valence-electron chi connectivity index (χ1n) is 9.86. The maximum atomic E-state index is 13.2. The molecule has 1 aliphatic heterocycles. The van der Waals surface area contributed by atoms with Gasteiger partial charge in [0.25, 0.3) is 0 Å². The summed E-state index contributed by atoms with van der Waals surface area (Å²) in [6, 6.07) is 20.9. The number of para-hydroxylation sites is 1. The summed E-state index contributed by atoms with van der Waals surface area (Å²) in [5.74, 6) is 0.374. The lowest BCUT2D eigenvalue weighted by Gasteiger charge is -2.19. The molecule has 0 aliphatic carbocycles. The predicted molar refractivity (Wildman–Crippen MR) is 117 cm³/mol. The van der Waals surface area contributed by atoms with Gasteiger partial charge in [-0.15, -0.1) is 0 Å². The lowest BCUT2D eigenvalue weighted by atomic mass is 10.1. The van der Waals surface area contributed by atoms with Crippen molar-refractivity contribution in [2.75, 3.05) is 18.5 Å². The van der Waals surface area contributed by atoms with E-state index in [0.717, 1.165) is 0 Å². The van der Waals surface area contributed by atoms with Crippen LogP contribution in [0.2, 0.25) is 0 Å². The number of anilines is 1. The summed E-state index contributed by atoms with van der Waals surface area (Å²) >= 11 is 0. The second-order valence-electron chi connectivity index (χ2n) is 6.98. The number of rotatable bonds is 6. The van der Waals surface area contributed by atoms with Crippen molar-refractivity contribution >= 4 is 21.6 Å². The van der Waals surface area contributed by atoms with Crippen LogP contribution in [-0.4, -0.2) is 27.5 Å². The first-order valence-corrected chi connectivity index (χ1v) is 11.3. The van der Waals surface area contributed by atoms with Crippen molar-refractivity contribution in [2.24, 2.45) is 0 Å². The molecule has 0 saturated carbocycles. The van der Waals surface area contributed by atoms with E-state index >= 15 is 0 Å². The molecule has 1 aliphatic rings. The Bertz CT molecular complexity index is 1150. The van der Waals surface area contributed by atoms with Gasteiger partial charge in [0.2, 0.25) is 15.9 Å². The molecule has 160 valence electrons. The Kier molecular flexibility index (Phi) is 6.20. The minimum atomic E-state index is -4.04. The molecule has 3 aromatic rings. The highest BCUT2D eigenvalue weighted by Crippen LogP contribution is 2.32. The lowest BCUT2D eigenvalue weighted by molar-refractivity contribution is -0.117. The molecule has 1 amide bonds. The van der Waals surface area contributed by atoms with Crippen LogP contribution in [0.25, 0.3) is 0 Å². The molecule has 8 heteroatoms. The summed E-state index contributed by atoms with van der Waals surface area (Å²) in [5.41, 5.74) is 1.09. The van der Waals surface area contributed by atoms with Gasteiger partial charge in [0, 0.05) is 18.2 Å². The van der Waals surface area contributed by atoms with Crippen molar-refractivity contribution in [1.82, 2.24) is 4.72 Å². The second kappa shape index (κ2) is 9.20. The third-order valence-electron chi connectivity index (χ3n) is 4.74. The van der Waals surface area contributed by atoms with Crippen LogP contribution in [0, 0.1) is 0 Å². The van der Waals surface area contributed by atoms with Crippen molar-refractivity contribution in [2.45, 2.75) is 17.4 Å². The molecule has 1 heterocycles. The van der Waals surface area contributed by atoms with Crippen LogP contribution in [0.5, 0.6) is 11.5 Å². The quantitative estimate of drug-likeness (QED) is 0.614. The van der Waals surface area contributed by atoms with Gasteiger partial charge in [0.15, 0.2) is 11.5 Å². The number of sulfonamides is 1. The molecule has 0 fully saturated rings. The topological polar surface area (TPSA) is 93.7 Å². The number of fused-ring (bicyclic) bond motifs is 1. The number of carbonyl (C=O) groups excluding carboxylic acids is 1. The van der Waals surface area contributed by atoms with Crippen LogP contribution < -0.4 is 19.5 Å². The number of amides is 1. The van der Waals surface area contributed by atoms with Gasteiger partial charge in [-0.25, -0.2) is 8.42 Å². The summed E-state index contributed by atoms with van der Waals surface area (Å²) in [5, 5.41) is 2.76. The van der Waals surface area contributed by atoms with E-state index in [4.69, 9.17) is 9.47 Å². The maximum Gasteiger partial charge on any atom is 0.247 e. The van der Waals surface area contributed by atoms with E-state index in [-0.39, 0.29) is 4.90 Å². The zero-order valence-corrected chi connectivity index (χ0v) is 17.5. The van der Waals surface area contributed by atoms with Crippen LogP contribution in [0.4, 0.5) is 5.69 Å². The van der Waals surface area contributed by atoms with E-state index in [9.17, 15) is 13.2 Å². The van der Waals surface area contributed by atoms with Gasteiger partial charge in [-0.2, -0.15) is 4.72 Å². The Morgan fingerprint density at radius 2 is 1.48 bits per heavy atom. The predicted octanol–water partition coefficient (Wildman–Crippen LogP) is 3.51. The number of benzene rings is 3. The summed E-state index contributed by atoms with van der Waals surface area (Å²) in [6.45, 7) is 0.948. The van der Waals surface area contributed by atoms with Gasteiger partial charge in [0.05, 0.1) is 18.1 Å². The first-order chi connectivity index (χ1) is 15.0. The standard InChI is InChI=1S/C23H22N2O5S/c26-23(24-18-10-5-2-6-11-18)22(17-8-3-1-4-9-17)25-31(27,28)19-12-13-20-21(16-19)30-15-7-14-29-20/h1-6,8-13,16,22,25H,7,14-15H2,(H,24,26)/t22-/m1/s1.